The van der Waals surface area contributed by atoms with Gasteiger partial charge in [-0.1, -0.05) is 6.07 Å². The molecule has 2 aliphatic rings. The first-order valence-electron chi connectivity index (χ1n) is 12.8. The van der Waals surface area contributed by atoms with E-state index in [0.29, 0.717) is 35.0 Å². The van der Waals surface area contributed by atoms with Crippen molar-refractivity contribution < 1.29 is 28.2 Å². The van der Waals surface area contributed by atoms with Gasteiger partial charge in [-0.2, -0.15) is 0 Å². The summed E-state index contributed by atoms with van der Waals surface area (Å²) < 4.78 is 36.3. The molecule has 1 aliphatic carbocycles. The summed E-state index contributed by atoms with van der Waals surface area (Å²) in [7, 11) is 0. The predicted molar refractivity (Wildman–Crippen MR) is 136 cm³/mol. The van der Waals surface area contributed by atoms with E-state index in [2.05, 4.69) is 20.3 Å². The fourth-order valence-corrected chi connectivity index (χ4v) is 4.86. The number of benzene rings is 1. The number of hydrogen-bond donors (Lipinski definition) is 3. The monoisotopic (exact) mass is 527 g/mol. The molecule has 2 amide bonds. The van der Waals surface area contributed by atoms with Gasteiger partial charge in [-0.3, -0.25) is 9.59 Å². The number of H-pyrrole nitrogens is 1. The summed E-state index contributed by atoms with van der Waals surface area (Å²) >= 11 is 0. The molecule has 0 spiro atoms. The number of aliphatic hydroxyl groups is 1. The van der Waals surface area contributed by atoms with Gasteiger partial charge in [-0.15, -0.1) is 0 Å². The van der Waals surface area contributed by atoms with Gasteiger partial charge in [-0.05, 0) is 57.6 Å². The number of piperidine rings is 1. The fourth-order valence-electron chi connectivity index (χ4n) is 4.86. The Hall–Kier alpha value is -3.60. The molecule has 5 rings (SSSR count). The molecule has 0 radical (unpaired) electrons. The number of nitrogens with one attached hydrogen (secondary N) is 2. The molecule has 2 aromatic heterocycles. The Kier molecular flexibility index (Phi) is 7.04. The highest BCUT2D eigenvalue weighted by Gasteiger charge is 2.35. The first kappa shape index (κ1) is 26.0. The zero-order valence-corrected chi connectivity index (χ0v) is 21.6. The van der Waals surface area contributed by atoms with Crippen LogP contribution in [0.4, 0.5) is 8.78 Å². The van der Waals surface area contributed by atoms with Crippen molar-refractivity contribution in [3.63, 3.8) is 0 Å². The van der Waals surface area contributed by atoms with E-state index in [4.69, 9.17) is 4.74 Å². The Balaban J connectivity index is 1.44. The molecular weight excluding hydrogens is 496 g/mol. The molecular formula is C27H31F2N5O4. The standard InChI is InChI=1S/C27H31F2N5O4/c1-13-4-7-19(38-11-16-5-6-16)21(22(13)29)24-25-23(30-12-31-24)20(14(2)32-25)26(36)33-18-8-9-34(10-17(18)28)27(37)15(3)35/h4,7,12,15-18,32,35H,5-6,8-11H2,1-3H3,(H,33,36)/t15-,17-,18-/m0/s1. The lowest BCUT2D eigenvalue weighted by molar-refractivity contribution is -0.141. The third kappa shape index (κ3) is 4.94. The minimum atomic E-state index is -1.50. The van der Waals surface area contributed by atoms with Gasteiger partial charge in [0, 0.05) is 12.2 Å². The molecule has 202 valence electrons. The molecule has 1 saturated carbocycles. The van der Waals surface area contributed by atoms with E-state index in [1.54, 1.807) is 26.0 Å². The number of alkyl halides is 1. The second-order valence-corrected chi connectivity index (χ2v) is 10.2. The molecule has 3 atom stereocenters. The molecule has 3 N–H and O–H groups in total. The lowest BCUT2D eigenvalue weighted by Gasteiger charge is -2.35. The van der Waals surface area contributed by atoms with Gasteiger partial charge in [0.2, 0.25) is 0 Å². The minimum absolute atomic E-state index is 0.198. The second-order valence-electron chi connectivity index (χ2n) is 10.2. The number of carbonyl (C=O) groups is 2. The molecule has 3 heterocycles. The molecule has 11 heteroatoms. The van der Waals surface area contributed by atoms with Crippen LogP contribution in [0.1, 0.15) is 47.8 Å². The van der Waals surface area contributed by atoms with Gasteiger partial charge >= 0.3 is 0 Å². The lowest BCUT2D eigenvalue weighted by atomic mass is 10.0. The molecule has 9 nitrogen and oxygen atoms in total. The summed E-state index contributed by atoms with van der Waals surface area (Å²) in [6, 6.07) is 2.57. The van der Waals surface area contributed by atoms with Crippen LogP contribution in [0.2, 0.25) is 0 Å². The molecule has 0 unspecified atom stereocenters. The topological polar surface area (TPSA) is 120 Å². The van der Waals surface area contributed by atoms with E-state index in [1.165, 1.54) is 18.2 Å². The summed E-state index contributed by atoms with van der Waals surface area (Å²) in [5, 5.41) is 12.2. The van der Waals surface area contributed by atoms with Crippen LogP contribution in [0, 0.1) is 25.6 Å². The van der Waals surface area contributed by atoms with E-state index in [0.717, 1.165) is 12.8 Å². The van der Waals surface area contributed by atoms with Crippen LogP contribution in [0.15, 0.2) is 18.5 Å². The second kappa shape index (κ2) is 10.3. The number of halogens is 2. The highest BCUT2D eigenvalue weighted by atomic mass is 19.1. The quantitative estimate of drug-likeness (QED) is 0.434. The number of aliphatic hydroxyl groups excluding tert-OH is 1. The van der Waals surface area contributed by atoms with Crippen molar-refractivity contribution in [3.05, 3.63) is 41.1 Å². The Morgan fingerprint density at radius 2 is 2.03 bits per heavy atom. The smallest absolute Gasteiger partial charge is 0.255 e. The number of aromatic amines is 1. The zero-order chi connectivity index (χ0) is 27.1. The highest BCUT2D eigenvalue weighted by molar-refractivity contribution is 6.09. The van der Waals surface area contributed by atoms with Crippen molar-refractivity contribution in [3.8, 4) is 17.0 Å². The molecule has 1 aromatic carbocycles. The van der Waals surface area contributed by atoms with E-state index >= 15 is 4.39 Å². The number of rotatable bonds is 7. The van der Waals surface area contributed by atoms with E-state index in [9.17, 15) is 19.1 Å². The molecule has 2 fully saturated rings. The first-order chi connectivity index (χ1) is 18.2. The van der Waals surface area contributed by atoms with Gasteiger partial charge in [-0.25, -0.2) is 18.7 Å². The van der Waals surface area contributed by atoms with Crippen LogP contribution in [0.25, 0.3) is 22.3 Å². The van der Waals surface area contributed by atoms with Crippen molar-refractivity contribution >= 4 is 22.8 Å². The molecule has 3 aromatic rings. The maximum atomic E-state index is 15.5. The molecule has 1 saturated heterocycles. The average Bonchev–Trinajstić information content (AvgIpc) is 3.65. The highest BCUT2D eigenvalue weighted by Crippen LogP contribution is 2.39. The number of aryl methyl sites for hydroxylation is 2. The number of hydrogen-bond acceptors (Lipinski definition) is 6. The van der Waals surface area contributed by atoms with Crippen molar-refractivity contribution in [2.75, 3.05) is 19.7 Å². The third-order valence-electron chi connectivity index (χ3n) is 7.23. The number of carbonyl (C=O) groups excluding carboxylic acids is 2. The SMILES string of the molecule is Cc1ccc(OCC2CC2)c(-c2ncnc3c(C(=O)N[C@H]4CCN(C(=O)[C@H](C)O)C[C@@H]4F)c(C)[nH]c23)c1F. The number of nitrogens with zero attached hydrogens (tertiary/aromatic N) is 3. The molecule has 1 aliphatic heterocycles. The third-order valence-corrected chi connectivity index (χ3v) is 7.23. The Labute approximate surface area is 218 Å². The Bertz CT molecular complexity index is 1390. The Morgan fingerprint density at radius 3 is 2.71 bits per heavy atom. The van der Waals surface area contributed by atoms with Gasteiger partial charge in [0.15, 0.2) is 0 Å². The van der Waals surface area contributed by atoms with Gasteiger partial charge in [0.05, 0.1) is 35.8 Å². The van der Waals surface area contributed by atoms with Gasteiger partial charge < -0.3 is 25.0 Å². The Morgan fingerprint density at radius 1 is 1.26 bits per heavy atom. The molecule has 0 bridgehead atoms. The van der Waals surface area contributed by atoms with Crippen LogP contribution in [-0.2, 0) is 4.79 Å². The average molecular weight is 528 g/mol. The van der Waals surface area contributed by atoms with Crippen molar-refractivity contribution in [1.29, 1.82) is 0 Å². The summed E-state index contributed by atoms with van der Waals surface area (Å²) in [4.78, 5) is 38.4. The van der Waals surface area contributed by atoms with Crippen molar-refractivity contribution in [1.82, 2.24) is 25.2 Å². The van der Waals surface area contributed by atoms with Crippen LogP contribution in [0.5, 0.6) is 5.75 Å². The fraction of sp³-hybridized carbons (Fsp3) is 0.481. The number of ether oxygens (including phenoxy) is 1. The maximum absolute atomic E-state index is 15.5. The largest absolute Gasteiger partial charge is 0.492 e. The van der Waals surface area contributed by atoms with Crippen LogP contribution in [0.3, 0.4) is 0 Å². The maximum Gasteiger partial charge on any atom is 0.255 e. The number of fused-ring (bicyclic) bond motifs is 1. The van der Waals surface area contributed by atoms with Crippen LogP contribution < -0.4 is 10.1 Å². The summed E-state index contributed by atoms with van der Waals surface area (Å²) in [6.07, 6.45) is 0.930. The number of aromatic nitrogens is 3. The van der Waals surface area contributed by atoms with Gasteiger partial charge in [0.25, 0.3) is 11.8 Å². The van der Waals surface area contributed by atoms with Crippen molar-refractivity contribution in [2.45, 2.75) is 58.4 Å². The number of likely N-dealkylation sites (tertiary alicyclic amines) is 1. The summed E-state index contributed by atoms with van der Waals surface area (Å²) in [5.74, 6) is -0.696. The molecule has 38 heavy (non-hydrogen) atoms. The lowest BCUT2D eigenvalue weighted by Crippen LogP contribution is -2.55. The van der Waals surface area contributed by atoms with E-state index in [1.807, 2.05) is 0 Å². The summed E-state index contributed by atoms with van der Waals surface area (Å²) in [6.45, 7) is 5.18. The van der Waals surface area contributed by atoms with Crippen LogP contribution >= 0.6 is 0 Å². The first-order valence-corrected chi connectivity index (χ1v) is 12.8. The summed E-state index contributed by atoms with van der Waals surface area (Å²) in [5.41, 5.74) is 2.27. The number of amides is 2. The van der Waals surface area contributed by atoms with Crippen molar-refractivity contribution in [2.24, 2.45) is 5.92 Å². The normalized spacial score (nSPS) is 20.4. The zero-order valence-electron chi connectivity index (χ0n) is 21.6. The minimum Gasteiger partial charge on any atom is -0.492 e. The predicted octanol–water partition coefficient (Wildman–Crippen LogP) is 3.22. The van der Waals surface area contributed by atoms with E-state index < -0.39 is 35.9 Å². The van der Waals surface area contributed by atoms with E-state index in [-0.39, 0.29) is 41.8 Å². The van der Waals surface area contributed by atoms with Crippen LogP contribution in [-0.4, -0.2) is 74.8 Å². The van der Waals surface area contributed by atoms with Gasteiger partial charge in [0.1, 0.15) is 41.4 Å².